The van der Waals surface area contributed by atoms with Crippen LogP contribution in [-0.2, 0) is 0 Å². The van der Waals surface area contributed by atoms with Gasteiger partial charge in [-0.15, -0.1) is 0 Å². The zero-order valence-corrected chi connectivity index (χ0v) is 5.91. The SMILES string of the molecule is Cc1ccc(F)c(C)c1F. The lowest BCUT2D eigenvalue weighted by Gasteiger charge is -1.99. The monoisotopic (exact) mass is 142 g/mol. The van der Waals surface area contributed by atoms with Crippen LogP contribution < -0.4 is 0 Å². The standard InChI is InChI=1S/C8H8F2/c1-5-3-4-7(9)6(2)8(5)10/h3-4H,1-2H3. The van der Waals surface area contributed by atoms with E-state index in [1.54, 1.807) is 6.92 Å². The Kier molecular flexibility index (Phi) is 1.70. The lowest BCUT2D eigenvalue weighted by molar-refractivity contribution is 0.562. The molecule has 0 bridgehead atoms. The molecule has 0 saturated heterocycles. The van der Waals surface area contributed by atoms with Gasteiger partial charge in [-0.3, -0.25) is 0 Å². The second-order valence-electron chi connectivity index (χ2n) is 2.30. The fourth-order valence-corrected chi connectivity index (χ4v) is 0.797. The second kappa shape index (κ2) is 2.37. The predicted molar refractivity (Wildman–Crippen MR) is 35.8 cm³/mol. The summed E-state index contributed by atoms with van der Waals surface area (Å²) in [6.45, 7) is 3.04. The summed E-state index contributed by atoms with van der Waals surface area (Å²) in [7, 11) is 0. The molecule has 0 aliphatic heterocycles. The van der Waals surface area contributed by atoms with E-state index in [2.05, 4.69) is 0 Å². The van der Waals surface area contributed by atoms with E-state index in [-0.39, 0.29) is 5.56 Å². The molecule has 0 N–H and O–H groups in total. The highest BCUT2D eigenvalue weighted by molar-refractivity contribution is 5.24. The first-order valence-corrected chi connectivity index (χ1v) is 3.04. The van der Waals surface area contributed by atoms with Crippen molar-refractivity contribution in [2.75, 3.05) is 0 Å². The summed E-state index contributed by atoms with van der Waals surface area (Å²) in [4.78, 5) is 0. The van der Waals surface area contributed by atoms with Crippen LogP contribution in [-0.4, -0.2) is 0 Å². The Hall–Kier alpha value is -0.920. The molecule has 1 aromatic rings. The molecule has 0 aliphatic carbocycles. The van der Waals surface area contributed by atoms with E-state index >= 15 is 0 Å². The Balaban J connectivity index is 3.34. The summed E-state index contributed by atoms with van der Waals surface area (Å²) in [6, 6.07) is 2.70. The third kappa shape index (κ3) is 1.01. The van der Waals surface area contributed by atoms with Crippen LogP contribution >= 0.6 is 0 Å². The molecule has 0 amide bonds. The van der Waals surface area contributed by atoms with Crippen molar-refractivity contribution >= 4 is 0 Å². The molecule has 0 saturated carbocycles. The van der Waals surface area contributed by atoms with Crippen LogP contribution in [0.15, 0.2) is 12.1 Å². The Labute approximate surface area is 58.5 Å². The maximum atomic E-state index is 12.8. The number of hydrogen-bond acceptors (Lipinski definition) is 0. The molecule has 54 valence electrons. The molecule has 1 aromatic carbocycles. The molecular weight excluding hydrogens is 134 g/mol. The van der Waals surface area contributed by atoms with Gasteiger partial charge in [0.2, 0.25) is 0 Å². The smallest absolute Gasteiger partial charge is 0.131 e. The van der Waals surface area contributed by atoms with Gasteiger partial charge in [0.15, 0.2) is 0 Å². The topological polar surface area (TPSA) is 0 Å². The Morgan fingerprint density at radius 1 is 1.10 bits per heavy atom. The van der Waals surface area contributed by atoms with Crippen molar-refractivity contribution in [1.82, 2.24) is 0 Å². The van der Waals surface area contributed by atoms with E-state index in [4.69, 9.17) is 0 Å². The van der Waals surface area contributed by atoms with Gasteiger partial charge in [-0.25, -0.2) is 8.78 Å². The summed E-state index contributed by atoms with van der Waals surface area (Å²) in [5, 5.41) is 0. The van der Waals surface area contributed by atoms with Crippen molar-refractivity contribution in [3.8, 4) is 0 Å². The van der Waals surface area contributed by atoms with Gasteiger partial charge >= 0.3 is 0 Å². The van der Waals surface area contributed by atoms with E-state index in [0.29, 0.717) is 5.56 Å². The molecule has 0 spiro atoms. The Bertz CT molecular complexity index is 227. The lowest BCUT2D eigenvalue weighted by atomic mass is 10.1. The van der Waals surface area contributed by atoms with E-state index in [0.717, 1.165) is 0 Å². The van der Waals surface area contributed by atoms with Gasteiger partial charge in [-0.05, 0) is 25.5 Å². The Morgan fingerprint density at radius 3 is 2.20 bits per heavy atom. The second-order valence-corrected chi connectivity index (χ2v) is 2.30. The van der Waals surface area contributed by atoms with Gasteiger partial charge in [0, 0.05) is 5.56 Å². The molecule has 0 aromatic heterocycles. The van der Waals surface area contributed by atoms with Gasteiger partial charge in [0.1, 0.15) is 11.6 Å². The van der Waals surface area contributed by atoms with Gasteiger partial charge in [0.05, 0.1) is 0 Å². The van der Waals surface area contributed by atoms with Crippen molar-refractivity contribution in [2.24, 2.45) is 0 Å². The first-order chi connectivity index (χ1) is 4.63. The first kappa shape index (κ1) is 7.19. The molecule has 0 fully saturated rings. The highest BCUT2D eigenvalue weighted by Gasteiger charge is 2.04. The molecule has 0 aliphatic rings. The average molecular weight is 142 g/mol. The van der Waals surface area contributed by atoms with Gasteiger partial charge in [-0.1, -0.05) is 6.07 Å². The van der Waals surface area contributed by atoms with Crippen molar-refractivity contribution in [1.29, 1.82) is 0 Å². The highest BCUT2D eigenvalue weighted by Crippen LogP contribution is 2.13. The van der Waals surface area contributed by atoms with Crippen LogP contribution in [0.3, 0.4) is 0 Å². The van der Waals surface area contributed by atoms with Crippen LogP contribution in [0.25, 0.3) is 0 Å². The molecule has 0 unspecified atom stereocenters. The molecule has 1 rings (SSSR count). The summed E-state index contributed by atoms with van der Waals surface area (Å²) in [6.07, 6.45) is 0. The summed E-state index contributed by atoms with van der Waals surface area (Å²) in [5.74, 6) is -0.928. The third-order valence-electron chi connectivity index (χ3n) is 1.51. The highest BCUT2D eigenvalue weighted by atomic mass is 19.1. The normalized spacial score (nSPS) is 10.0. The molecule has 0 nitrogen and oxygen atoms in total. The summed E-state index contributed by atoms with van der Waals surface area (Å²) < 4.78 is 25.3. The zero-order valence-electron chi connectivity index (χ0n) is 5.91. The summed E-state index contributed by atoms with van der Waals surface area (Å²) in [5.41, 5.74) is 0.582. The predicted octanol–water partition coefficient (Wildman–Crippen LogP) is 2.58. The fraction of sp³-hybridized carbons (Fsp3) is 0.250. The number of rotatable bonds is 0. The quantitative estimate of drug-likeness (QED) is 0.522. The Morgan fingerprint density at radius 2 is 1.70 bits per heavy atom. The minimum Gasteiger partial charge on any atom is -0.207 e. The molecular formula is C8H8F2. The summed E-state index contributed by atoms with van der Waals surface area (Å²) >= 11 is 0. The van der Waals surface area contributed by atoms with Crippen LogP contribution in [0.4, 0.5) is 8.78 Å². The van der Waals surface area contributed by atoms with Crippen LogP contribution in [0.5, 0.6) is 0 Å². The van der Waals surface area contributed by atoms with Crippen molar-refractivity contribution in [3.63, 3.8) is 0 Å². The van der Waals surface area contributed by atoms with Gasteiger partial charge in [-0.2, -0.15) is 0 Å². The minimum absolute atomic E-state index is 0.0972. The maximum Gasteiger partial charge on any atom is 0.131 e. The maximum absolute atomic E-state index is 12.8. The van der Waals surface area contributed by atoms with Crippen molar-refractivity contribution in [2.45, 2.75) is 13.8 Å². The van der Waals surface area contributed by atoms with E-state index in [1.165, 1.54) is 19.1 Å². The van der Waals surface area contributed by atoms with Crippen LogP contribution in [0.1, 0.15) is 11.1 Å². The molecule has 2 heteroatoms. The van der Waals surface area contributed by atoms with E-state index in [1.807, 2.05) is 0 Å². The third-order valence-corrected chi connectivity index (χ3v) is 1.51. The molecule has 0 atom stereocenters. The fourth-order valence-electron chi connectivity index (χ4n) is 0.797. The first-order valence-electron chi connectivity index (χ1n) is 3.04. The molecule has 10 heavy (non-hydrogen) atoms. The number of aryl methyl sites for hydroxylation is 1. The minimum atomic E-state index is -0.483. The van der Waals surface area contributed by atoms with Crippen LogP contribution in [0.2, 0.25) is 0 Å². The van der Waals surface area contributed by atoms with Crippen molar-refractivity contribution < 1.29 is 8.78 Å². The molecule has 0 radical (unpaired) electrons. The van der Waals surface area contributed by atoms with Gasteiger partial charge < -0.3 is 0 Å². The largest absolute Gasteiger partial charge is 0.207 e. The zero-order chi connectivity index (χ0) is 7.72. The lowest BCUT2D eigenvalue weighted by Crippen LogP contribution is -1.90. The molecule has 0 heterocycles. The van der Waals surface area contributed by atoms with Gasteiger partial charge in [0.25, 0.3) is 0 Å². The van der Waals surface area contributed by atoms with Crippen molar-refractivity contribution in [3.05, 3.63) is 34.9 Å². The van der Waals surface area contributed by atoms with E-state index < -0.39 is 11.6 Å². The number of benzene rings is 1. The average Bonchev–Trinajstić information content (AvgIpc) is 1.93. The number of halogens is 2. The van der Waals surface area contributed by atoms with Crippen LogP contribution in [0, 0.1) is 25.5 Å². The van der Waals surface area contributed by atoms with E-state index in [9.17, 15) is 8.78 Å². The number of hydrogen-bond donors (Lipinski definition) is 0.